The molecule has 0 aliphatic heterocycles. The average Bonchev–Trinajstić information content (AvgIpc) is 3.03. The topological polar surface area (TPSA) is 64.1 Å². The zero-order chi connectivity index (χ0) is 16.5. The van der Waals surface area contributed by atoms with Crippen LogP contribution in [0.2, 0.25) is 0 Å². The van der Waals surface area contributed by atoms with Crippen molar-refractivity contribution in [2.75, 3.05) is 11.9 Å². The Hall–Kier alpha value is -1.95. The minimum Gasteiger partial charge on any atom is -0.484 e. The van der Waals surface area contributed by atoms with Crippen molar-refractivity contribution in [3.05, 3.63) is 35.3 Å². The van der Waals surface area contributed by atoms with Crippen LogP contribution in [0.25, 0.3) is 0 Å². The molecular weight excluding hydrogens is 310 g/mol. The van der Waals surface area contributed by atoms with Gasteiger partial charge in [-0.2, -0.15) is 0 Å². The van der Waals surface area contributed by atoms with Gasteiger partial charge in [0.05, 0.1) is 0 Å². The molecule has 0 aliphatic rings. The fourth-order valence-electron chi connectivity index (χ4n) is 2.22. The third-order valence-electron chi connectivity index (χ3n) is 3.55. The highest BCUT2D eigenvalue weighted by atomic mass is 32.1. The lowest BCUT2D eigenvalue weighted by Gasteiger charge is -2.09. The summed E-state index contributed by atoms with van der Waals surface area (Å²) in [7, 11) is 0. The minimum atomic E-state index is -0.224. The molecule has 0 fully saturated rings. The first-order valence-corrected chi connectivity index (χ1v) is 8.85. The lowest BCUT2D eigenvalue weighted by Crippen LogP contribution is -2.20. The second-order valence-corrected chi connectivity index (χ2v) is 6.35. The van der Waals surface area contributed by atoms with Crippen LogP contribution in [-0.2, 0) is 4.79 Å². The Morgan fingerprint density at radius 2 is 2.04 bits per heavy atom. The molecule has 1 aromatic carbocycles. The van der Waals surface area contributed by atoms with Crippen LogP contribution in [0.4, 0.5) is 5.13 Å². The normalized spacial score (nSPS) is 11.9. The van der Waals surface area contributed by atoms with Gasteiger partial charge in [-0.05, 0) is 25.0 Å². The van der Waals surface area contributed by atoms with E-state index in [2.05, 4.69) is 29.4 Å². The molecule has 0 radical (unpaired) electrons. The van der Waals surface area contributed by atoms with Crippen LogP contribution < -0.4 is 10.1 Å². The number of unbranched alkanes of at least 4 members (excludes halogenated alkanes) is 1. The molecule has 5 nitrogen and oxygen atoms in total. The molecule has 6 heteroatoms. The van der Waals surface area contributed by atoms with Crippen molar-refractivity contribution in [3.8, 4) is 5.75 Å². The van der Waals surface area contributed by atoms with Crippen molar-refractivity contribution in [1.29, 1.82) is 0 Å². The first-order valence-electron chi connectivity index (χ1n) is 8.04. The molecule has 1 atom stereocenters. The van der Waals surface area contributed by atoms with E-state index in [-0.39, 0.29) is 12.5 Å². The Kier molecular flexibility index (Phi) is 7.00. The summed E-state index contributed by atoms with van der Waals surface area (Å²) >= 11 is 1.46. The Morgan fingerprint density at radius 1 is 1.26 bits per heavy atom. The maximum atomic E-state index is 11.9. The molecule has 0 saturated carbocycles. The lowest BCUT2D eigenvalue weighted by molar-refractivity contribution is -0.118. The van der Waals surface area contributed by atoms with E-state index in [1.54, 1.807) is 0 Å². The van der Waals surface area contributed by atoms with Crippen molar-refractivity contribution in [3.63, 3.8) is 0 Å². The van der Waals surface area contributed by atoms with Crippen LogP contribution in [0.3, 0.4) is 0 Å². The summed E-state index contributed by atoms with van der Waals surface area (Å²) in [5.41, 5.74) is 0. The fourth-order valence-corrected chi connectivity index (χ4v) is 3.20. The molecular formula is C17H23N3O2S. The van der Waals surface area contributed by atoms with Crippen LogP contribution in [-0.4, -0.2) is 22.7 Å². The third-order valence-corrected chi connectivity index (χ3v) is 4.55. The van der Waals surface area contributed by atoms with Gasteiger partial charge >= 0.3 is 0 Å². The van der Waals surface area contributed by atoms with Crippen molar-refractivity contribution < 1.29 is 9.53 Å². The van der Waals surface area contributed by atoms with Crippen molar-refractivity contribution >= 4 is 22.4 Å². The van der Waals surface area contributed by atoms with Crippen molar-refractivity contribution in [2.45, 2.75) is 45.4 Å². The van der Waals surface area contributed by atoms with E-state index >= 15 is 0 Å². The Bertz CT molecular complexity index is 601. The van der Waals surface area contributed by atoms with E-state index in [4.69, 9.17) is 4.74 Å². The van der Waals surface area contributed by atoms with Crippen LogP contribution >= 0.6 is 11.3 Å². The number of nitrogens with zero attached hydrogens (tertiary/aromatic N) is 2. The number of rotatable bonds is 9. The number of hydrogen-bond acceptors (Lipinski definition) is 5. The second-order valence-electron chi connectivity index (χ2n) is 5.34. The summed E-state index contributed by atoms with van der Waals surface area (Å²) in [6, 6.07) is 9.26. The monoisotopic (exact) mass is 333 g/mol. The van der Waals surface area contributed by atoms with Gasteiger partial charge in [-0.3, -0.25) is 10.1 Å². The van der Waals surface area contributed by atoms with Crippen molar-refractivity contribution in [2.24, 2.45) is 0 Å². The number of anilines is 1. The molecule has 1 heterocycles. The van der Waals surface area contributed by atoms with E-state index in [0.29, 0.717) is 16.8 Å². The fraction of sp³-hybridized carbons (Fsp3) is 0.471. The molecule has 1 aromatic heterocycles. The van der Waals surface area contributed by atoms with Crippen LogP contribution in [0.5, 0.6) is 5.75 Å². The minimum absolute atomic E-state index is 0.0357. The first kappa shape index (κ1) is 17.4. The smallest absolute Gasteiger partial charge is 0.264 e. The van der Waals surface area contributed by atoms with Crippen molar-refractivity contribution in [1.82, 2.24) is 10.2 Å². The zero-order valence-corrected chi connectivity index (χ0v) is 14.4. The second kappa shape index (κ2) is 9.25. The number of aromatic nitrogens is 2. The molecule has 23 heavy (non-hydrogen) atoms. The van der Waals surface area contributed by atoms with Gasteiger partial charge in [0.2, 0.25) is 5.13 Å². The van der Waals surface area contributed by atoms with E-state index in [9.17, 15) is 4.79 Å². The van der Waals surface area contributed by atoms with Crippen LogP contribution in [0.15, 0.2) is 30.3 Å². The van der Waals surface area contributed by atoms with Gasteiger partial charge in [0.15, 0.2) is 6.61 Å². The summed E-state index contributed by atoms with van der Waals surface area (Å²) in [5, 5.41) is 12.6. The summed E-state index contributed by atoms with van der Waals surface area (Å²) < 4.78 is 5.41. The molecule has 0 bridgehead atoms. The van der Waals surface area contributed by atoms with Gasteiger partial charge in [0.25, 0.3) is 5.91 Å². The highest BCUT2D eigenvalue weighted by Crippen LogP contribution is 2.29. The van der Waals surface area contributed by atoms with Gasteiger partial charge in [-0.15, -0.1) is 10.2 Å². The molecule has 0 saturated heterocycles. The Balaban J connectivity index is 1.84. The Morgan fingerprint density at radius 3 is 2.74 bits per heavy atom. The number of benzene rings is 1. The number of hydrogen-bond donors (Lipinski definition) is 1. The van der Waals surface area contributed by atoms with Crippen LogP contribution in [0, 0.1) is 0 Å². The summed E-state index contributed by atoms with van der Waals surface area (Å²) in [5.74, 6) is 0.878. The highest BCUT2D eigenvalue weighted by molar-refractivity contribution is 7.15. The van der Waals surface area contributed by atoms with Gasteiger partial charge in [-0.1, -0.05) is 56.2 Å². The highest BCUT2D eigenvalue weighted by Gasteiger charge is 2.16. The predicted molar refractivity (Wildman–Crippen MR) is 93.0 cm³/mol. The summed E-state index contributed by atoms with van der Waals surface area (Å²) in [4.78, 5) is 11.9. The maximum Gasteiger partial charge on any atom is 0.264 e. The van der Waals surface area contributed by atoms with Gasteiger partial charge in [0, 0.05) is 5.92 Å². The molecule has 1 amide bonds. The van der Waals surface area contributed by atoms with Gasteiger partial charge in [-0.25, -0.2) is 0 Å². The van der Waals surface area contributed by atoms with E-state index in [1.807, 2.05) is 30.3 Å². The van der Waals surface area contributed by atoms with Gasteiger partial charge in [0.1, 0.15) is 10.8 Å². The quantitative estimate of drug-likeness (QED) is 0.745. The lowest BCUT2D eigenvalue weighted by atomic mass is 10.0. The summed E-state index contributed by atoms with van der Waals surface area (Å²) in [6.45, 7) is 4.31. The van der Waals surface area contributed by atoms with E-state index in [0.717, 1.165) is 17.8 Å². The molecule has 2 rings (SSSR count). The predicted octanol–water partition coefficient (Wildman–Crippen LogP) is 4.24. The zero-order valence-electron chi connectivity index (χ0n) is 13.6. The molecule has 0 aliphatic carbocycles. The SMILES string of the molecule is CCCC[C@H](CC)c1nnc(NC(=O)COc2ccccc2)s1. The number of carbonyl (C=O) groups excluding carboxylic acids is 1. The summed E-state index contributed by atoms with van der Waals surface area (Å²) in [6.07, 6.45) is 4.52. The third kappa shape index (κ3) is 5.63. The average molecular weight is 333 g/mol. The van der Waals surface area contributed by atoms with E-state index in [1.165, 1.54) is 24.2 Å². The number of amides is 1. The van der Waals surface area contributed by atoms with E-state index < -0.39 is 0 Å². The molecule has 0 spiro atoms. The molecule has 1 N–H and O–H groups in total. The van der Waals surface area contributed by atoms with Gasteiger partial charge < -0.3 is 4.74 Å². The standard InChI is InChI=1S/C17H23N3O2S/c1-3-5-9-13(4-2)16-19-20-17(23-16)18-15(21)12-22-14-10-7-6-8-11-14/h6-8,10-11,13H,3-5,9,12H2,1-2H3,(H,18,20,21)/t13-/m0/s1. The molecule has 0 unspecified atom stereocenters. The molecule has 2 aromatic rings. The van der Waals surface area contributed by atoms with Crippen LogP contribution in [0.1, 0.15) is 50.5 Å². The number of nitrogens with one attached hydrogen (secondary N) is 1. The number of para-hydroxylation sites is 1. The largest absolute Gasteiger partial charge is 0.484 e. The number of ether oxygens (including phenoxy) is 1. The molecule has 124 valence electrons. The maximum absolute atomic E-state index is 11.9. The first-order chi connectivity index (χ1) is 11.2. The Labute approximate surface area is 141 Å². The number of carbonyl (C=O) groups is 1.